The molecule has 1 aromatic rings. The van der Waals surface area contributed by atoms with Crippen molar-refractivity contribution >= 4 is 12.4 Å². The number of hydrogen-bond acceptors (Lipinski definition) is 3. The van der Waals surface area contributed by atoms with Gasteiger partial charge in [-0.1, -0.05) is 18.2 Å². The molecule has 14 heavy (non-hydrogen) atoms. The standard InChI is InChI=1S/C10H10N2O.ClH/c1-2-9(12)8-5-3-4-7(6-11)10(8)13;/h2-5,9,13H,1,12H2;1H/t9-;/m1./s1. The Bertz CT molecular complexity index is 371. The number of para-hydroxylation sites is 1. The summed E-state index contributed by atoms with van der Waals surface area (Å²) in [6.07, 6.45) is 1.51. The largest absolute Gasteiger partial charge is 0.506 e. The summed E-state index contributed by atoms with van der Waals surface area (Å²) in [5.41, 5.74) is 6.38. The quantitative estimate of drug-likeness (QED) is 0.733. The Balaban J connectivity index is 0.00000169. The number of benzene rings is 1. The monoisotopic (exact) mass is 210 g/mol. The molecular formula is C10H11ClN2O. The molecule has 0 heterocycles. The smallest absolute Gasteiger partial charge is 0.138 e. The molecule has 0 aromatic heterocycles. The van der Waals surface area contributed by atoms with E-state index in [9.17, 15) is 5.11 Å². The van der Waals surface area contributed by atoms with E-state index in [1.54, 1.807) is 12.1 Å². The van der Waals surface area contributed by atoms with E-state index in [4.69, 9.17) is 11.0 Å². The van der Waals surface area contributed by atoms with E-state index >= 15 is 0 Å². The van der Waals surface area contributed by atoms with Gasteiger partial charge in [-0.2, -0.15) is 5.26 Å². The zero-order valence-electron chi connectivity index (χ0n) is 7.47. The van der Waals surface area contributed by atoms with Gasteiger partial charge in [0.1, 0.15) is 11.8 Å². The fraction of sp³-hybridized carbons (Fsp3) is 0.100. The van der Waals surface area contributed by atoms with Crippen LogP contribution in [-0.2, 0) is 0 Å². The number of halogens is 1. The number of phenolic OH excluding ortho intramolecular Hbond substituents is 1. The first-order valence-corrected chi connectivity index (χ1v) is 3.80. The SMILES string of the molecule is C=C[C@@H](N)c1cccc(C#N)c1O.Cl. The van der Waals surface area contributed by atoms with Crippen molar-refractivity contribution in [3.63, 3.8) is 0 Å². The number of nitriles is 1. The molecule has 0 aliphatic heterocycles. The second-order valence-electron chi connectivity index (χ2n) is 2.62. The van der Waals surface area contributed by atoms with Crippen molar-refractivity contribution in [3.8, 4) is 11.8 Å². The van der Waals surface area contributed by atoms with E-state index in [0.29, 0.717) is 5.56 Å². The summed E-state index contributed by atoms with van der Waals surface area (Å²) in [5, 5.41) is 18.2. The molecule has 3 nitrogen and oxygen atoms in total. The van der Waals surface area contributed by atoms with Crippen LogP contribution in [-0.4, -0.2) is 5.11 Å². The molecule has 3 N–H and O–H groups in total. The zero-order valence-corrected chi connectivity index (χ0v) is 8.29. The van der Waals surface area contributed by atoms with Gasteiger partial charge < -0.3 is 10.8 Å². The first kappa shape index (κ1) is 12.5. The third-order valence-electron chi connectivity index (χ3n) is 1.80. The van der Waals surface area contributed by atoms with E-state index in [-0.39, 0.29) is 23.7 Å². The molecule has 0 unspecified atom stereocenters. The minimum absolute atomic E-state index is 0. The number of rotatable bonds is 2. The molecule has 0 aliphatic carbocycles. The average molecular weight is 211 g/mol. The highest BCUT2D eigenvalue weighted by Gasteiger charge is 2.10. The van der Waals surface area contributed by atoms with Gasteiger partial charge in [-0.05, 0) is 6.07 Å². The Morgan fingerprint density at radius 3 is 2.71 bits per heavy atom. The molecule has 74 valence electrons. The van der Waals surface area contributed by atoms with Crippen LogP contribution in [0.15, 0.2) is 30.9 Å². The molecule has 1 aromatic carbocycles. The average Bonchev–Trinajstić information content (AvgIpc) is 2.17. The van der Waals surface area contributed by atoms with E-state index in [1.165, 1.54) is 12.1 Å². The minimum atomic E-state index is -0.437. The highest BCUT2D eigenvalue weighted by molar-refractivity contribution is 5.85. The van der Waals surface area contributed by atoms with E-state index < -0.39 is 6.04 Å². The van der Waals surface area contributed by atoms with Gasteiger partial charge in [0.25, 0.3) is 0 Å². The summed E-state index contributed by atoms with van der Waals surface area (Å²) < 4.78 is 0. The zero-order chi connectivity index (χ0) is 9.84. The molecule has 0 saturated carbocycles. The van der Waals surface area contributed by atoms with Gasteiger partial charge in [0.2, 0.25) is 0 Å². The number of nitrogens with zero attached hydrogens (tertiary/aromatic N) is 1. The van der Waals surface area contributed by atoms with Crippen molar-refractivity contribution in [3.05, 3.63) is 42.0 Å². The Labute approximate surface area is 88.9 Å². The Kier molecular flexibility index (Phi) is 4.71. The second-order valence-corrected chi connectivity index (χ2v) is 2.62. The van der Waals surface area contributed by atoms with Crippen LogP contribution >= 0.6 is 12.4 Å². The normalized spacial score (nSPS) is 10.9. The van der Waals surface area contributed by atoms with Gasteiger partial charge in [-0.15, -0.1) is 19.0 Å². The van der Waals surface area contributed by atoms with Crippen molar-refractivity contribution in [2.24, 2.45) is 5.73 Å². The highest BCUT2D eigenvalue weighted by Crippen LogP contribution is 2.26. The Morgan fingerprint density at radius 2 is 2.21 bits per heavy atom. The maximum atomic E-state index is 9.54. The number of nitrogens with two attached hydrogens (primary N) is 1. The molecule has 0 saturated heterocycles. The summed E-state index contributed by atoms with van der Waals surface area (Å²) >= 11 is 0. The predicted octanol–water partition coefficient (Wildman–Crippen LogP) is 1.87. The van der Waals surface area contributed by atoms with Crippen LogP contribution in [0.3, 0.4) is 0 Å². The van der Waals surface area contributed by atoms with Crippen LogP contribution in [0.1, 0.15) is 17.2 Å². The van der Waals surface area contributed by atoms with Gasteiger partial charge in [0.05, 0.1) is 11.6 Å². The van der Waals surface area contributed by atoms with Crippen molar-refractivity contribution in [2.45, 2.75) is 6.04 Å². The van der Waals surface area contributed by atoms with Crippen molar-refractivity contribution < 1.29 is 5.11 Å². The lowest BCUT2D eigenvalue weighted by atomic mass is 10.0. The fourth-order valence-electron chi connectivity index (χ4n) is 1.05. The lowest BCUT2D eigenvalue weighted by molar-refractivity contribution is 0.464. The van der Waals surface area contributed by atoms with Crippen molar-refractivity contribution in [1.82, 2.24) is 0 Å². The van der Waals surface area contributed by atoms with Gasteiger partial charge in [-0.25, -0.2) is 0 Å². The summed E-state index contributed by atoms with van der Waals surface area (Å²) in [5.74, 6) is -0.0580. The molecule has 0 fully saturated rings. The second kappa shape index (κ2) is 5.28. The number of aromatic hydroxyl groups is 1. The lowest BCUT2D eigenvalue weighted by Crippen LogP contribution is -2.06. The first-order chi connectivity index (χ1) is 6.20. The van der Waals surface area contributed by atoms with Gasteiger partial charge in [0.15, 0.2) is 0 Å². The van der Waals surface area contributed by atoms with E-state index in [1.807, 2.05) is 6.07 Å². The summed E-state index contributed by atoms with van der Waals surface area (Å²) in [6.45, 7) is 3.51. The van der Waals surface area contributed by atoms with Crippen LogP contribution in [0.4, 0.5) is 0 Å². The van der Waals surface area contributed by atoms with Crippen LogP contribution in [0.25, 0.3) is 0 Å². The topological polar surface area (TPSA) is 70.0 Å². The molecule has 1 atom stereocenters. The third kappa shape index (κ3) is 2.25. The number of phenols is 1. The summed E-state index contributed by atoms with van der Waals surface area (Å²) in [4.78, 5) is 0. The molecule has 0 spiro atoms. The lowest BCUT2D eigenvalue weighted by Gasteiger charge is -2.09. The maximum Gasteiger partial charge on any atom is 0.138 e. The molecule has 0 bridgehead atoms. The first-order valence-electron chi connectivity index (χ1n) is 3.80. The van der Waals surface area contributed by atoms with Crippen molar-refractivity contribution in [2.75, 3.05) is 0 Å². The highest BCUT2D eigenvalue weighted by atomic mass is 35.5. The van der Waals surface area contributed by atoms with Crippen LogP contribution in [0.2, 0.25) is 0 Å². The van der Waals surface area contributed by atoms with E-state index in [2.05, 4.69) is 6.58 Å². The molecule has 0 radical (unpaired) electrons. The third-order valence-corrected chi connectivity index (χ3v) is 1.80. The summed E-state index contributed by atoms with van der Waals surface area (Å²) in [6, 6.07) is 6.32. The predicted molar refractivity (Wildman–Crippen MR) is 57.2 cm³/mol. The fourth-order valence-corrected chi connectivity index (χ4v) is 1.05. The van der Waals surface area contributed by atoms with Crippen molar-refractivity contribution in [1.29, 1.82) is 5.26 Å². The Morgan fingerprint density at radius 1 is 1.57 bits per heavy atom. The van der Waals surface area contributed by atoms with Crippen LogP contribution < -0.4 is 5.73 Å². The summed E-state index contributed by atoms with van der Waals surface area (Å²) in [7, 11) is 0. The van der Waals surface area contributed by atoms with Crippen LogP contribution in [0.5, 0.6) is 5.75 Å². The van der Waals surface area contributed by atoms with Gasteiger partial charge in [-0.3, -0.25) is 0 Å². The van der Waals surface area contributed by atoms with Gasteiger partial charge in [0, 0.05) is 5.56 Å². The van der Waals surface area contributed by atoms with Gasteiger partial charge >= 0.3 is 0 Å². The molecule has 4 heteroatoms. The molecular weight excluding hydrogens is 200 g/mol. The maximum absolute atomic E-state index is 9.54. The number of hydrogen-bond donors (Lipinski definition) is 2. The molecule has 1 rings (SSSR count). The molecule has 0 amide bonds. The minimum Gasteiger partial charge on any atom is -0.506 e. The van der Waals surface area contributed by atoms with E-state index in [0.717, 1.165) is 0 Å². The molecule has 0 aliphatic rings. The van der Waals surface area contributed by atoms with Crippen LogP contribution in [0, 0.1) is 11.3 Å². The Hall–Kier alpha value is -1.50.